The van der Waals surface area contributed by atoms with Gasteiger partial charge in [0.1, 0.15) is 5.92 Å². The van der Waals surface area contributed by atoms with Crippen molar-refractivity contribution in [2.45, 2.75) is 31.1 Å². The number of aliphatic carboxylic acids is 1. The summed E-state index contributed by atoms with van der Waals surface area (Å²) in [6.45, 7) is 3.29. The Morgan fingerprint density at radius 1 is 1.48 bits per heavy atom. The molecule has 1 aromatic heterocycles. The van der Waals surface area contributed by atoms with Gasteiger partial charge in [0.15, 0.2) is 5.82 Å². The fraction of sp³-hybridized carbons (Fsp3) is 0.308. The third-order valence-corrected chi connectivity index (χ3v) is 5.86. The maximum absolute atomic E-state index is 12.4. The number of nitrogens with zero attached hydrogens (tertiary/aromatic N) is 2. The van der Waals surface area contributed by atoms with Gasteiger partial charge >= 0.3 is 5.97 Å². The minimum atomic E-state index is -3.88. The fourth-order valence-corrected chi connectivity index (χ4v) is 4.28. The number of nitrogens with one attached hydrogen (secondary N) is 1. The van der Waals surface area contributed by atoms with E-state index in [4.69, 9.17) is 16.7 Å². The molecule has 0 aliphatic rings. The fourth-order valence-electron chi connectivity index (χ4n) is 1.93. The van der Waals surface area contributed by atoms with Gasteiger partial charge in [-0.15, -0.1) is 0 Å². The molecule has 2 rings (SSSR count). The Labute approximate surface area is 142 Å². The highest BCUT2D eigenvalue weighted by atomic mass is 35.5. The predicted molar refractivity (Wildman–Crippen MR) is 87.6 cm³/mol. The van der Waals surface area contributed by atoms with E-state index in [1.165, 1.54) is 12.1 Å². The Kier molecular flexibility index (Phi) is 5.23. The quantitative estimate of drug-likeness (QED) is 0.803. The molecule has 1 unspecified atom stereocenters. The standard InChI is InChI=1S/C13H14ClN3O4S2/c1-3-8(12(18)19)11-15-13(22-16-11)17-23(20,21)10-6-4-5-9(14)7(10)2/h4-6,8H,3H2,1-2H3,(H,18,19)(H,15,16,17). The Morgan fingerprint density at radius 3 is 2.78 bits per heavy atom. The Morgan fingerprint density at radius 2 is 2.17 bits per heavy atom. The van der Waals surface area contributed by atoms with Crippen LogP contribution in [0.3, 0.4) is 0 Å². The molecule has 2 aromatic rings. The van der Waals surface area contributed by atoms with Gasteiger partial charge in [0.25, 0.3) is 10.0 Å². The lowest BCUT2D eigenvalue weighted by molar-refractivity contribution is -0.139. The van der Waals surface area contributed by atoms with E-state index in [0.29, 0.717) is 17.0 Å². The molecule has 10 heteroatoms. The number of sulfonamides is 1. The number of carbonyl (C=O) groups is 1. The summed E-state index contributed by atoms with van der Waals surface area (Å²) in [5.74, 6) is -1.83. The zero-order chi connectivity index (χ0) is 17.2. The van der Waals surface area contributed by atoms with E-state index in [-0.39, 0.29) is 15.9 Å². The average molecular weight is 376 g/mol. The first kappa shape index (κ1) is 17.6. The smallest absolute Gasteiger partial charge is 0.314 e. The second kappa shape index (κ2) is 6.81. The number of benzene rings is 1. The molecule has 0 bridgehead atoms. The molecule has 0 spiro atoms. The topological polar surface area (TPSA) is 109 Å². The summed E-state index contributed by atoms with van der Waals surface area (Å²) in [5.41, 5.74) is 0.420. The van der Waals surface area contributed by atoms with E-state index in [1.54, 1.807) is 19.9 Å². The third kappa shape index (κ3) is 3.80. The number of carboxylic acids is 1. The van der Waals surface area contributed by atoms with Gasteiger partial charge in [0, 0.05) is 16.6 Å². The zero-order valence-corrected chi connectivity index (χ0v) is 14.7. The van der Waals surface area contributed by atoms with Crippen LogP contribution < -0.4 is 4.72 Å². The Balaban J connectivity index is 2.30. The van der Waals surface area contributed by atoms with Gasteiger partial charge in [0.2, 0.25) is 5.13 Å². The molecule has 1 aromatic carbocycles. The van der Waals surface area contributed by atoms with Crippen LogP contribution in [0.25, 0.3) is 0 Å². The molecule has 2 N–H and O–H groups in total. The highest BCUT2D eigenvalue weighted by Gasteiger charge is 2.25. The van der Waals surface area contributed by atoms with Crippen LogP contribution in [0.1, 0.15) is 30.7 Å². The van der Waals surface area contributed by atoms with Crippen molar-refractivity contribution in [3.8, 4) is 0 Å². The Hall–Kier alpha value is -1.71. The summed E-state index contributed by atoms with van der Waals surface area (Å²) in [5, 5.41) is 9.43. The van der Waals surface area contributed by atoms with Crippen LogP contribution in [0.4, 0.5) is 5.13 Å². The summed E-state index contributed by atoms with van der Waals surface area (Å²) in [6, 6.07) is 4.56. The number of hydrogen-bond donors (Lipinski definition) is 2. The van der Waals surface area contributed by atoms with Gasteiger partial charge in [-0.05, 0) is 31.0 Å². The van der Waals surface area contributed by atoms with E-state index < -0.39 is 21.9 Å². The molecule has 0 fully saturated rings. The van der Waals surface area contributed by atoms with Crippen molar-refractivity contribution in [2.24, 2.45) is 0 Å². The van der Waals surface area contributed by atoms with E-state index in [2.05, 4.69) is 14.1 Å². The second-order valence-corrected chi connectivity index (χ2v) is 7.54. The number of anilines is 1. The van der Waals surface area contributed by atoms with Crippen LogP contribution in [0.5, 0.6) is 0 Å². The monoisotopic (exact) mass is 375 g/mol. The van der Waals surface area contributed by atoms with Crippen molar-refractivity contribution in [1.29, 1.82) is 0 Å². The number of carboxylic acid groups (broad SMARTS) is 1. The first-order valence-electron chi connectivity index (χ1n) is 6.60. The van der Waals surface area contributed by atoms with Crippen LogP contribution in [-0.2, 0) is 14.8 Å². The number of hydrogen-bond acceptors (Lipinski definition) is 6. The van der Waals surface area contributed by atoms with Crippen molar-refractivity contribution in [1.82, 2.24) is 9.36 Å². The lowest BCUT2D eigenvalue weighted by atomic mass is 10.1. The van der Waals surface area contributed by atoms with Crippen LogP contribution in [-0.4, -0.2) is 28.9 Å². The lowest BCUT2D eigenvalue weighted by Gasteiger charge is -2.09. The van der Waals surface area contributed by atoms with Crippen molar-refractivity contribution < 1.29 is 18.3 Å². The molecule has 23 heavy (non-hydrogen) atoms. The zero-order valence-electron chi connectivity index (χ0n) is 12.3. The average Bonchev–Trinajstić information content (AvgIpc) is 2.89. The molecule has 7 nitrogen and oxygen atoms in total. The van der Waals surface area contributed by atoms with Crippen molar-refractivity contribution in [3.05, 3.63) is 34.6 Å². The van der Waals surface area contributed by atoms with Gasteiger partial charge in [0.05, 0.1) is 4.90 Å². The number of aromatic nitrogens is 2. The van der Waals surface area contributed by atoms with Crippen LogP contribution >= 0.6 is 23.1 Å². The summed E-state index contributed by atoms with van der Waals surface area (Å²) in [7, 11) is -3.88. The number of halogens is 1. The molecule has 1 heterocycles. The first-order chi connectivity index (χ1) is 10.8. The second-order valence-electron chi connectivity index (χ2n) is 4.73. The molecule has 1 atom stereocenters. The van der Waals surface area contributed by atoms with Gasteiger partial charge in [-0.3, -0.25) is 9.52 Å². The normalized spacial score (nSPS) is 12.8. The van der Waals surface area contributed by atoms with Gasteiger partial charge < -0.3 is 5.11 Å². The van der Waals surface area contributed by atoms with Gasteiger partial charge in [-0.2, -0.15) is 4.37 Å². The molecular weight excluding hydrogens is 362 g/mol. The van der Waals surface area contributed by atoms with Crippen molar-refractivity contribution >= 4 is 44.3 Å². The predicted octanol–water partition coefficient (Wildman–Crippen LogP) is 2.88. The SMILES string of the molecule is CCC(C(=O)O)c1nsc(NS(=O)(=O)c2cccc(Cl)c2C)n1. The van der Waals surface area contributed by atoms with Crippen LogP contribution in [0, 0.1) is 6.92 Å². The molecule has 0 radical (unpaired) electrons. The minimum absolute atomic E-state index is 0.0130. The summed E-state index contributed by atoms with van der Waals surface area (Å²) < 4.78 is 31.0. The van der Waals surface area contributed by atoms with E-state index in [0.717, 1.165) is 11.5 Å². The molecule has 0 saturated heterocycles. The molecular formula is C13H14ClN3O4S2. The lowest BCUT2D eigenvalue weighted by Crippen LogP contribution is -2.15. The molecule has 0 aliphatic heterocycles. The highest BCUT2D eigenvalue weighted by Crippen LogP contribution is 2.26. The largest absolute Gasteiger partial charge is 0.481 e. The maximum Gasteiger partial charge on any atom is 0.314 e. The summed E-state index contributed by atoms with van der Waals surface area (Å²) >= 11 is 6.73. The summed E-state index contributed by atoms with van der Waals surface area (Å²) in [4.78, 5) is 15.1. The van der Waals surface area contributed by atoms with E-state index in [9.17, 15) is 13.2 Å². The molecule has 0 aliphatic carbocycles. The van der Waals surface area contributed by atoms with Crippen molar-refractivity contribution in [2.75, 3.05) is 4.72 Å². The van der Waals surface area contributed by atoms with Gasteiger partial charge in [-0.25, -0.2) is 13.4 Å². The van der Waals surface area contributed by atoms with Crippen molar-refractivity contribution in [3.63, 3.8) is 0 Å². The summed E-state index contributed by atoms with van der Waals surface area (Å²) in [6.07, 6.45) is 0.311. The molecule has 124 valence electrons. The molecule has 0 amide bonds. The number of rotatable bonds is 6. The third-order valence-electron chi connectivity index (χ3n) is 3.19. The maximum atomic E-state index is 12.4. The van der Waals surface area contributed by atoms with E-state index >= 15 is 0 Å². The molecule has 0 saturated carbocycles. The first-order valence-corrected chi connectivity index (χ1v) is 9.24. The highest BCUT2D eigenvalue weighted by molar-refractivity contribution is 7.93. The van der Waals surface area contributed by atoms with E-state index in [1.807, 2.05) is 0 Å². The van der Waals surface area contributed by atoms with Crippen LogP contribution in [0.15, 0.2) is 23.1 Å². The van der Waals surface area contributed by atoms with Gasteiger partial charge in [-0.1, -0.05) is 24.6 Å². The Bertz CT molecular complexity index is 835. The minimum Gasteiger partial charge on any atom is -0.481 e. The van der Waals surface area contributed by atoms with Crippen LogP contribution in [0.2, 0.25) is 5.02 Å².